The summed E-state index contributed by atoms with van der Waals surface area (Å²) < 4.78 is 0. The van der Waals surface area contributed by atoms with Crippen molar-refractivity contribution < 1.29 is 20.1 Å². The van der Waals surface area contributed by atoms with Gasteiger partial charge < -0.3 is 20.6 Å². The maximum atomic E-state index is 12.5. The highest BCUT2D eigenvalue weighted by Crippen LogP contribution is 2.17. The van der Waals surface area contributed by atoms with Gasteiger partial charge in [0.25, 0.3) is 0 Å². The maximum absolute atomic E-state index is 12.5. The van der Waals surface area contributed by atoms with Crippen LogP contribution in [0.25, 0.3) is 0 Å². The zero-order chi connectivity index (χ0) is 47.9. The first-order chi connectivity index (χ1) is 32.5. The molecule has 0 bridgehead atoms. The molecule has 0 fully saturated rings. The van der Waals surface area contributed by atoms with Crippen molar-refractivity contribution in [3.05, 3.63) is 48.6 Å². The topological polar surface area (TPSA) is 89.8 Å². The molecule has 0 saturated carbocycles. The first kappa shape index (κ1) is 64.3. The molecule has 3 unspecified atom stereocenters. The summed E-state index contributed by atoms with van der Waals surface area (Å²) >= 11 is 0. The Balaban J connectivity index is 3.48. The Hall–Kier alpha value is -1.69. The monoisotopic (exact) mass is 926 g/mol. The van der Waals surface area contributed by atoms with E-state index in [9.17, 15) is 20.1 Å². The van der Waals surface area contributed by atoms with E-state index in [0.29, 0.717) is 6.42 Å². The molecule has 66 heavy (non-hydrogen) atoms. The second kappa shape index (κ2) is 55.9. The lowest BCUT2D eigenvalue weighted by Gasteiger charge is -2.21. The Morgan fingerprint density at radius 1 is 0.379 bits per heavy atom. The van der Waals surface area contributed by atoms with Gasteiger partial charge in [0.15, 0.2) is 0 Å². The highest BCUT2D eigenvalue weighted by molar-refractivity contribution is 5.76. The molecule has 0 aromatic carbocycles. The molecule has 0 rings (SSSR count). The fourth-order valence-electron chi connectivity index (χ4n) is 9.08. The smallest absolute Gasteiger partial charge is 0.222 e. The quantitative estimate of drug-likeness (QED) is 0.0361. The molecular weight excluding hydrogens is 811 g/mol. The van der Waals surface area contributed by atoms with E-state index in [1.807, 2.05) is 6.08 Å². The van der Waals surface area contributed by atoms with Gasteiger partial charge in [-0.25, -0.2) is 0 Å². The van der Waals surface area contributed by atoms with Gasteiger partial charge in [0.2, 0.25) is 5.91 Å². The van der Waals surface area contributed by atoms with Gasteiger partial charge in [-0.05, 0) is 70.6 Å². The van der Waals surface area contributed by atoms with Gasteiger partial charge in [-0.1, -0.05) is 281 Å². The molecule has 5 nitrogen and oxygen atoms in total. The van der Waals surface area contributed by atoms with Gasteiger partial charge in [-0.3, -0.25) is 4.79 Å². The van der Waals surface area contributed by atoms with Crippen molar-refractivity contribution in [2.75, 3.05) is 6.61 Å². The van der Waals surface area contributed by atoms with Gasteiger partial charge >= 0.3 is 0 Å². The average molecular weight is 927 g/mol. The number of amides is 1. The molecule has 0 aromatic heterocycles. The number of aliphatic hydroxyl groups excluding tert-OH is 3. The summed E-state index contributed by atoms with van der Waals surface area (Å²) in [5.74, 6) is -0.328. The second-order valence-electron chi connectivity index (χ2n) is 20.2. The SMILES string of the molecule is CCCCCC/C=C/CC/C=C/CC/C=C/C(O)C(CO)NC(=O)CC(O)CCCCCCCCCCCCCCCCC/C=C\CCCCCCCCCCCCCCCCCCCC. The van der Waals surface area contributed by atoms with Gasteiger partial charge in [-0.2, -0.15) is 0 Å². The first-order valence-electron chi connectivity index (χ1n) is 29.4. The summed E-state index contributed by atoms with van der Waals surface area (Å²) in [4.78, 5) is 12.5. The third-order valence-corrected chi connectivity index (χ3v) is 13.6. The highest BCUT2D eigenvalue weighted by atomic mass is 16.3. The number of allylic oxidation sites excluding steroid dienone is 7. The lowest BCUT2D eigenvalue weighted by atomic mass is 10.0. The minimum Gasteiger partial charge on any atom is -0.394 e. The molecule has 0 spiro atoms. The normalized spacial score (nSPS) is 13.6. The Labute approximate surface area is 412 Å². The number of rotatable bonds is 54. The van der Waals surface area contributed by atoms with Gasteiger partial charge in [0.05, 0.1) is 31.3 Å². The van der Waals surface area contributed by atoms with E-state index >= 15 is 0 Å². The highest BCUT2D eigenvalue weighted by Gasteiger charge is 2.20. The molecule has 5 heteroatoms. The largest absolute Gasteiger partial charge is 0.394 e. The summed E-state index contributed by atoms with van der Waals surface area (Å²) in [6.45, 7) is 4.19. The molecule has 1 amide bonds. The third kappa shape index (κ3) is 51.7. The second-order valence-corrected chi connectivity index (χ2v) is 20.2. The first-order valence-corrected chi connectivity index (χ1v) is 29.4. The Morgan fingerprint density at radius 2 is 0.652 bits per heavy atom. The van der Waals surface area contributed by atoms with Crippen molar-refractivity contribution in [2.24, 2.45) is 0 Å². The van der Waals surface area contributed by atoms with Crippen molar-refractivity contribution in [2.45, 2.75) is 327 Å². The van der Waals surface area contributed by atoms with Crippen molar-refractivity contribution >= 4 is 5.91 Å². The molecule has 0 aliphatic carbocycles. The van der Waals surface area contributed by atoms with Crippen LogP contribution in [0.1, 0.15) is 309 Å². The zero-order valence-electron chi connectivity index (χ0n) is 44.3. The molecule has 0 heterocycles. The van der Waals surface area contributed by atoms with Crippen LogP contribution in [-0.2, 0) is 4.79 Å². The van der Waals surface area contributed by atoms with Crippen molar-refractivity contribution in [3.8, 4) is 0 Å². The van der Waals surface area contributed by atoms with Crippen LogP contribution in [0.3, 0.4) is 0 Å². The van der Waals surface area contributed by atoms with Gasteiger partial charge in [0, 0.05) is 0 Å². The number of carbonyl (C=O) groups excluding carboxylic acids is 1. The molecule has 0 aliphatic heterocycles. The number of carbonyl (C=O) groups is 1. The summed E-state index contributed by atoms with van der Waals surface area (Å²) in [7, 11) is 0. The van der Waals surface area contributed by atoms with Crippen LogP contribution >= 0.6 is 0 Å². The molecule has 0 aliphatic rings. The van der Waals surface area contributed by atoms with E-state index in [4.69, 9.17) is 0 Å². The molecule has 4 N–H and O–H groups in total. The summed E-state index contributed by atoms with van der Waals surface area (Å²) in [6, 6.07) is -0.768. The maximum Gasteiger partial charge on any atom is 0.222 e. The molecule has 388 valence electrons. The van der Waals surface area contributed by atoms with Crippen LogP contribution in [0.5, 0.6) is 0 Å². The number of hydrogen-bond donors (Lipinski definition) is 4. The predicted octanol–water partition coefficient (Wildman–Crippen LogP) is 18.4. The molecule has 0 radical (unpaired) electrons. The number of hydrogen-bond acceptors (Lipinski definition) is 4. The minimum atomic E-state index is -0.960. The van der Waals surface area contributed by atoms with E-state index in [2.05, 4.69) is 55.6 Å². The fourth-order valence-corrected chi connectivity index (χ4v) is 9.08. The van der Waals surface area contributed by atoms with E-state index in [1.165, 1.54) is 244 Å². The molecule has 0 saturated heterocycles. The number of unbranched alkanes of at least 4 members (excludes halogenated alkanes) is 39. The lowest BCUT2D eigenvalue weighted by Crippen LogP contribution is -2.45. The van der Waals surface area contributed by atoms with Crippen molar-refractivity contribution in [3.63, 3.8) is 0 Å². The van der Waals surface area contributed by atoms with Crippen LogP contribution in [0.2, 0.25) is 0 Å². The summed E-state index contributed by atoms with van der Waals surface area (Å²) in [5.41, 5.74) is 0. The van der Waals surface area contributed by atoms with E-state index < -0.39 is 18.2 Å². The van der Waals surface area contributed by atoms with E-state index in [-0.39, 0.29) is 18.9 Å². The van der Waals surface area contributed by atoms with Crippen LogP contribution < -0.4 is 5.32 Å². The molecular formula is C61H115NO4. The van der Waals surface area contributed by atoms with Gasteiger partial charge in [0.1, 0.15) is 0 Å². The Bertz CT molecular complexity index is 1070. The van der Waals surface area contributed by atoms with E-state index in [0.717, 1.165) is 38.5 Å². The van der Waals surface area contributed by atoms with Crippen LogP contribution in [-0.4, -0.2) is 46.1 Å². The van der Waals surface area contributed by atoms with Crippen molar-refractivity contribution in [1.29, 1.82) is 0 Å². The molecule has 3 atom stereocenters. The Morgan fingerprint density at radius 3 is 0.985 bits per heavy atom. The summed E-state index contributed by atoms with van der Waals surface area (Å²) in [5, 5.41) is 33.3. The van der Waals surface area contributed by atoms with E-state index in [1.54, 1.807) is 6.08 Å². The average Bonchev–Trinajstić information content (AvgIpc) is 3.31. The molecule has 0 aromatic rings. The van der Waals surface area contributed by atoms with Crippen LogP contribution in [0, 0.1) is 0 Å². The van der Waals surface area contributed by atoms with Crippen LogP contribution in [0.15, 0.2) is 48.6 Å². The zero-order valence-corrected chi connectivity index (χ0v) is 44.3. The number of nitrogens with one attached hydrogen (secondary N) is 1. The summed E-state index contributed by atoms with van der Waals surface area (Å²) in [6.07, 6.45) is 74.8. The fraction of sp³-hybridized carbons (Fsp3) is 0.852. The Kier molecular flexibility index (Phi) is 54.5. The minimum absolute atomic E-state index is 0.00305. The van der Waals surface area contributed by atoms with Gasteiger partial charge in [-0.15, -0.1) is 0 Å². The lowest BCUT2D eigenvalue weighted by molar-refractivity contribution is -0.124. The van der Waals surface area contributed by atoms with Crippen LogP contribution in [0.4, 0.5) is 0 Å². The standard InChI is InChI=1S/C61H115NO4/c1-3-5-7-9-11-13-15-17-19-20-21-22-23-24-25-26-27-28-29-30-31-32-33-34-35-36-37-38-39-40-41-42-44-46-48-50-52-54-58(64)56-61(66)62-59(57-63)60(65)55-53-51-49-47-45-43-18-16-14-12-10-8-6-4-2/h14,16,30-31,45,47,53,55,58-60,63-65H,3-13,15,17-29,32-44,46,48-52,54,56-57H2,1-2H3,(H,62,66)/b16-14+,31-30-,47-45+,55-53+. The number of aliphatic hydroxyl groups is 3. The predicted molar refractivity (Wildman–Crippen MR) is 291 cm³/mol. The van der Waals surface area contributed by atoms with Crippen molar-refractivity contribution in [1.82, 2.24) is 5.32 Å². The third-order valence-electron chi connectivity index (χ3n) is 13.6.